The molecular weight excluding hydrogens is 304 g/mol. The zero-order chi connectivity index (χ0) is 13.7. The fraction of sp³-hybridized carbons (Fsp3) is 0.267. The molecule has 0 saturated heterocycles. The predicted octanol–water partition coefficient (Wildman–Crippen LogP) is 3.45. The van der Waals surface area contributed by atoms with Crippen LogP contribution in [0.4, 0.5) is 0 Å². The summed E-state index contributed by atoms with van der Waals surface area (Å²) in [5.74, 6) is 0.852. The largest absolute Gasteiger partial charge is 0.497 e. The summed E-state index contributed by atoms with van der Waals surface area (Å²) in [6.45, 7) is 3.50. The van der Waals surface area contributed by atoms with Crippen molar-refractivity contribution in [3.63, 3.8) is 0 Å². The van der Waals surface area contributed by atoms with Gasteiger partial charge in [0.05, 0.1) is 12.8 Å². The van der Waals surface area contributed by atoms with E-state index in [1.807, 2.05) is 37.3 Å². The number of methoxy groups -OCH3 is 1. The Morgan fingerprint density at radius 1 is 1.21 bits per heavy atom. The van der Waals surface area contributed by atoms with Crippen molar-refractivity contribution in [2.45, 2.75) is 20.0 Å². The second-order valence-corrected chi connectivity index (χ2v) is 5.19. The summed E-state index contributed by atoms with van der Waals surface area (Å²) in [7, 11) is 1.67. The van der Waals surface area contributed by atoms with Gasteiger partial charge in [-0.05, 0) is 18.6 Å². The SMILES string of the molecule is COc1cc(C)nc(CNCc2ccccc2Br)c1. The molecule has 0 aliphatic heterocycles. The normalized spacial score (nSPS) is 10.5. The number of halogens is 1. The van der Waals surface area contributed by atoms with Gasteiger partial charge in [0.15, 0.2) is 0 Å². The summed E-state index contributed by atoms with van der Waals surface area (Å²) < 4.78 is 6.37. The highest BCUT2D eigenvalue weighted by molar-refractivity contribution is 9.10. The van der Waals surface area contributed by atoms with E-state index in [4.69, 9.17) is 4.74 Å². The molecule has 19 heavy (non-hydrogen) atoms. The van der Waals surface area contributed by atoms with E-state index in [0.717, 1.165) is 34.7 Å². The minimum absolute atomic E-state index is 0.722. The highest BCUT2D eigenvalue weighted by atomic mass is 79.9. The van der Waals surface area contributed by atoms with Crippen LogP contribution < -0.4 is 10.1 Å². The van der Waals surface area contributed by atoms with Gasteiger partial charge in [0.25, 0.3) is 0 Å². The van der Waals surface area contributed by atoms with Gasteiger partial charge in [0, 0.05) is 35.4 Å². The molecule has 1 aromatic carbocycles. The van der Waals surface area contributed by atoms with Gasteiger partial charge in [-0.1, -0.05) is 34.1 Å². The first-order valence-corrected chi connectivity index (χ1v) is 6.94. The molecule has 4 heteroatoms. The van der Waals surface area contributed by atoms with Crippen LogP contribution in [0.25, 0.3) is 0 Å². The average Bonchev–Trinajstić information content (AvgIpc) is 2.40. The molecule has 0 bridgehead atoms. The number of hydrogen-bond donors (Lipinski definition) is 1. The van der Waals surface area contributed by atoms with Gasteiger partial charge in [-0.2, -0.15) is 0 Å². The van der Waals surface area contributed by atoms with Crippen molar-refractivity contribution in [2.75, 3.05) is 7.11 Å². The summed E-state index contributed by atoms with van der Waals surface area (Å²) >= 11 is 3.54. The third-order valence-electron chi connectivity index (χ3n) is 2.80. The molecular formula is C15H17BrN2O. The van der Waals surface area contributed by atoms with Crippen molar-refractivity contribution < 1.29 is 4.74 Å². The van der Waals surface area contributed by atoms with Crippen LogP contribution in [0.3, 0.4) is 0 Å². The van der Waals surface area contributed by atoms with Crippen LogP contribution in [0.5, 0.6) is 5.75 Å². The van der Waals surface area contributed by atoms with Crippen molar-refractivity contribution in [3.8, 4) is 5.75 Å². The van der Waals surface area contributed by atoms with Gasteiger partial charge in [0.1, 0.15) is 5.75 Å². The van der Waals surface area contributed by atoms with Gasteiger partial charge in [-0.3, -0.25) is 4.98 Å². The molecule has 0 aliphatic carbocycles. The Hall–Kier alpha value is -1.39. The fourth-order valence-electron chi connectivity index (χ4n) is 1.88. The number of nitrogens with one attached hydrogen (secondary N) is 1. The molecule has 0 saturated carbocycles. The zero-order valence-electron chi connectivity index (χ0n) is 11.1. The lowest BCUT2D eigenvalue weighted by Crippen LogP contribution is -2.14. The van der Waals surface area contributed by atoms with Crippen LogP contribution in [0, 0.1) is 6.92 Å². The highest BCUT2D eigenvalue weighted by Crippen LogP contribution is 2.16. The van der Waals surface area contributed by atoms with Crippen molar-refractivity contribution in [1.29, 1.82) is 0 Å². The minimum Gasteiger partial charge on any atom is -0.497 e. The van der Waals surface area contributed by atoms with Gasteiger partial charge < -0.3 is 10.1 Å². The minimum atomic E-state index is 0.722. The van der Waals surface area contributed by atoms with Crippen molar-refractivity contribution in [3.05, 3.63) is 57.8 Å². The van der Waals surface area contributed by atoms with Crippen molar-refractivity contribution >= 4 is 15.9 Å². The number of aromatic nitrogens is 1. The number of rotatable bonds is 5. The van der Waals surface area contributed by atoms with Gasteiger partial charge in [-0.15, -0.1) is 0 Å². The van der Waals surface area contributed by atoms with Crippen LogP contribution in [0.15, 0.2) is 40.9 Å². The Labute approximate surface area is 122 Å². The Balaban J connectivity index is 1.96. The maximum absolute atomic E-state index is 5.24. The zero-order valence-corrected chi connectivity index (χ0v) is 12.7. The molecule has 3 nitrogen and oxygen atoms in total. The maximum atomic E-state index is 5.24. The van der Waals surface area contributed by atoms with Crippen LogP contribution in [0.1, 0.15) is 17.0 Å². The average molecular weight is 321 g/mol. The summed E-state index contributed by atoms with van der Waals surface area (Å²) in [6, 6.07) is 12.1. The summed E-state index contributed by atoms with van der Waals surface area (Å²) in [5, 5.41) is 3.39. The van der Waals surface area contributed by atoms with E-state index in [1.165, 1.54) is 5.56 Å². The van der Waals surface area contributed by atoms with E-state index in [0.29, 0.717) is 0 Å². The van der Waals surface area contributed by atoms with Gasteiger partial charge in [-0.25, -0.2) is 0 Å². The second kappa shape index (κ2) is 6.68. The molecule has 1 heterocycles. The van der Waals surface area contributed by atoms with Crippen LogP contribution in [-0.2, 0) is 13.1 Å². The Bertz CT molecular complexity index is 558. The maximum Gasteiger partial charge on any atom is 0.122 e. The quantitative estimate of drug-likeness (QED) is 0.916. The summed E-state index contributed by atoms with van der Waals surface area (Å²) in [4.78, 5) is 4.48. The van der Waals surface area contributed by atoms with Gasteiger partial charge in [0.2, 0.25) is 0 Å². The van der Waals surface area contributed by atoms with E-state index in [2.05, 4.69) is 32.3 Å². The fourth-order valence-corrected chi connectivity index (χ4v) is 2.30. The molecule has 0 aliphatic rings. The number of pyridine rings is 1. The third kappa shape index (κ3) is 4.04. The number of ether oxygens (including phenoxy) is 1. The van der Waals surface area contributed by atoms with Gasteiger partial charge >= 0.3 is 0 Å². The molecule has 100 valence electrons. The molecule has 2 aromatic rings. The molecule has 0 atom stereocenters. The Morgan fingerprint density at radius 3 is 2.74 bits per heavy atom. The molecule has 2 rings (SSSR count). The third-order valence-corrected chi connectivity index (χ3v) is 3.57. The number of aryl methyl sites for hydroxylation is 1. The summed E-state index contributed by atoms with van der Waals surface area (Å²) in [6.07, 6.45) is 0. The summed E-state index contributed by atoms with van der Waals surface area (Å²) in [5.41, 5.74) is 3.20. The Morgan fingerprint density at radius 2 is 2.00 bits per heavy atom. The molecule has 0 fully saturated rings. The standard InChI is InChI=1S/C15H17BrN2O/c1-11-7-14(19-2)8-13(18-11)10-17-9-12-5-3-4-6-15(12)16/h3-8,17H,9-10H2,1-2H3. The van der Waals surface area contributed by atoms with Crippen molar-refractivity contribution in [1.82, 2.24) is 10.3 Å². The molecule has 0 spiro atoms. The van der Waals surface area contributed by atoms with Crippen LogP contribution in [-0.4, -0.2) is 12.1 Å². The van der Waals surface area contributed by atoms with Crippen molar-refractivity contribution in [2.24, 2.45) is 0 Å². The molecule has 1 N–H and O–H groups in total. The smallest absolute Gasteiger partial charge is 0.122 e. The lowest BCUT2D eigenvalue weighted by Gasteiger charge is -2.08. The first kappa shape index (κ1) is 14.0. The first-order chi connectivity index (χ1) is 9.19. The topological polar surface area (TPSA) is 34.1 Å². The number of hydrogen-bond acceptors (Lipinski definition) is 3. The van der Waals surface area contributed by atoms with Crippen LogP contribution >= 0.6 is 15.9 Å². The van der Waals surface area contributed by atoms with E-state index >= 15 is 0 Å². The number of nitrogens with zero attached hydrogens (tertiary/aromatic N) is 1. The van der Waals surface area contributed by atoms with E-state index in [-0.39, 0.29) is 0 Å². The molecule has 1 aromatic heterocycles. The molecule has 0 radical (unpaired) electrons. The van der Waals surface area contributed by atoms with E-state index in [9.17, 15) is 0 Å². The Kier molecular flexibility index (Phi) is 4.93. The number of benzene rings is 1. The molecule has 0 unspecified atom stereocenters. The lowest BCUT2D eigenvalue weighted by molar-refractivity contribution is 0.412. The van der Waals surface area contributed by atoms with E-state index < -0.39 is 0 Å². The first-order valence-electron chi connectivity index (χ1n) is 6.14. The predicted molar refractivity (Wildman–Crippen MR) is 80.2 cm³/mol. The lowest BCUT2D eigenvalue weighted by atomic mass is 10.2. The monoisotopic (exact) mass is 320 g/mol. The van der Waals surface area contributed by atoms with E-state index in [1.54, 1.807) is 7.11 Å². The van der Waals surface area contributed by atoms with Crippen LogP contribution in [0.2, 0.25) is 0 Å². The highest BCUT2D eigenvalue weighted by Gasteiger charge is 2.02. The second-order valence-electron chi connectivity index (χ2n) is 4.33. The molecule has 0 amide bonds.